The van der Waals surface area contributed by atoms with Crippen molar-refractivity contribution in [3.63, 3.8) is 0 Å². The summed E-state index contributed by atoms with van der Waals surface area (Å²) < 4.78 is 0. The van der Waals surface area contributed by atoms with E-state index in [2.05, 4.69) is 10.3 Å². The molecule has 5 heteroatoms. The van der Waals surface area contributed by atoms with Crippen LogP contribution < -0.4 is 11.1 Å². The van der Waals surface area contributed by atoms with Crippen molar-refractivity contribution in [3.05, 3.63) is 54.4 Å². The van der Waals surface area contributed by atoms with Gasteiger partial charge in [0.1, 0.15) is 0 Å². The number of anilines is 2. The lowest BCUT2D eigenvalue weighted by Crippen LogP contribution is -2.33. The van der Waals surface area contributed by atoms with Crippen LogP contribution in [0.3, 0.4) is 0 Å². The van der Waals surface area contributed by atoms with E-state index in [-0.39, 0.29) is 5.91 Å². The van der Waals surface area contributed by atoms with Gasteiger partial charge in [0.25, 0.3) is 0 Å². The van der Waals surface area contributed by atoms with Gasteiger partial charge >= 0.3 is 0 Å². The van der Waals surface area contributed by atoms with E-state index in [9.17, 15) is 4.79 Å². The van der Waals surface area contributed by atoms with Gasteiger partial charge in [-0.05, 0) is 30.8 Å². The predicted octanol–water partition coefficient (Wildman–Crippen LogP) is 2.12. The number of benzene rings is 1. The van der Waals surface area contributed by atoms with Crippen molar-refractivity contribution in [2.45, 2.75) is 13.5 Å². The molecule has 5 nitrogen and oxygen atoms in total. The quantitative estimate of drug-likeness (QED) is 0.797. The molecule has 1 heterocycles. The molecule has 1 amide bonds. The lowest BCUT2D eigenvalue weighted by atomic mass is 10.2. The normalized spacial score (nSPS) is 10.6. The summed E-state index contributed by atoms with van der Waals surface area (Å²) in [5.41, 5.74) is 7.99. The topological polar surface area (TPSA) is 71.2 Å². The zero-order valence-corrected chi connectivity index (χ0v) is 12.1. The molecular weight excluding hydrogens is 264 g/mol. The fourth-order valence-corrected chi connectivity index (χ4v) is 2.00. The largest absolute Gasteiger partial charge is 0.397 e. The first kappa shape index (κ1) is 15.0. The van der Waals surface area contributed by atoms with Crippen molar-refractivity contribution in [3.8, 4) is 0 Å². The van der Waals surface area contributed by atoms with Gasteiger partial charge in [-0.3, -0.25) is 14.7 Å². The van der Waals surface area contributed by atoms with Gasteiger partial charge in [0, 0.05) is 12.7 Å². The molecule has 2 rings (SSSR count). The number of rotatable bonds is 6. The summed E-state index contributed by atoms with van der Waals surface area (Å²) in [7, 11) is 0. The van der Waals surface area contributed by atoms with Crippen LogP contribution >= 0.6 is 0 Å². The van der Waals surface area contributed by atoms with E-state index in [1.807, 2.05) is 42.2 Å². The summed E-state index contributed by atoms with van der Waals surface area (Å²) in [5.74, 6) is -0.0781. The predicted molar refractivity (Wildman–Crippen MR) is 84.7 cm³/mol. The highest BCUT2D eigenvalue weighted by Crippen LogP contribution is 2.16. The number of para-hydroxylation sites is 2. The second kappa shape index (κ2) is 7.40. The van der Waals surface area contributed by atoms with Crippen molar-refractivity contribution >= 4 is 17.3 Å². The molecule has 0 saturated heterocycles. The number of carbonyl (C=O) groups excluding carboxylic acids is 1. The second-order valence-corrected chi connectivity index (χ2v) is 4.76. The molecule has 0 fully saturated rings. The smallest absolute Gasteiger partial charge is 0.238 e. The Morgan fingerprint density at radius 1 is 1.24 bits per heavy atom. The van der Waals surface area contributed by atoms with Crippen LogP contribution in [-0.4, -0.2) is 28.9 Å². The van der Waals surface area contributed by atoms with Crippen LogP contribution in [0.2, 0.25) is 0 Å². The van der Waals surface area contributed by atoms with E-state index in [0.29, 0.717) is 24.5 Å². The first-order valence-electron chi connectivity index (χ1n) is 6.95. The van der Waals surface area contributed by atoms with Gasteiger partial charge in [0.2, 0.25) is 5.91 Å². The third-order valence-electron chi connectivity index (χ3n) is 3.16. The zero-order chi connectivity index (χ0) is 15.1. The van der Waals surface area contributed by atoms with Crippen molar-refractivity contribution in [1.29, 1.82) is 0 Å². The van der Waals surface area contributed by atoms with Gasteiger partial charge in [-0.2, -0.15) is 0 Å². The number of nitrogens with zero attached hydrogens (tertiary/aromatic N) is 2. The molecule has 0 aliphatic rings. The summed E-state index contributed by atoms with van der Waals surface area (Å²) in [6, 6.07) is 13.0. The number of aromatic nitrogens is 1. The Kier molecular flexibility index (Phi) is 5.29. The minimum absolute atomic E-state index is 0.0781. The highest BCUT2D eigenvalue weighted by Gasteiger charge is 2.11. The number of likely N-dealkylation sites (N-methyl/N-ethyl adjacent to an activating group) is 1. The molecule has 2 aromatic rings. The minimum atomic E-state index is -0.0781. The number of nitrogens with one attached hydrogen (secondary N) is 1. The maximum Gasteiger partial charge on any atom is 0.238 e. The van der Waals surface area contributed by atoms with Crippen LogP contribution in [0.4, 0.5) is 11.4 Å². The Labute approximate surface area is 124 Å². The monoisotopic (exact) mass is 284 g/mol. The summed E-state index contributed by atoms with van der Waals surface area (Å²) in [4.78, 5) is 18.4. The fourth-order valence-electron chi connectivity index (χ4n) is 2.00. The van der Waals surface area contributed by atoms with E-state index in [4.69, 9.17) is 5.73 Å². The third-order valence-corrected chi connectivity index (χ3v) is 3.16. The molecule has 3 N–H and O–H groups in total. The average Bonchev–Trinajstić information content (AvgIpc) is 2.50. The Hall–Kier alpha value is -2.40. The number of nitrogens with two attached hydrogens (primary N) is 1. The van der Waals surface area contributed by atoms with Gasteiger partial charge in [-0.25, -0.2) is 0 Å². The van der Waals surface area contributed by atoms with Gasteiger partial charge in [0.15, 0.2) is 0 Å². The molecule has 0 unspecified atom stereocenters. The van der Waals surface area contributed by atoms with E-state index in [0.717, 1.165) is 12.2 Å². The Balaban J connectivity index is 1.92. The Morgan fingerprint density at radius 2 is 2.00 bits per heavy atom. The van der Waals surface area contributed by atoms with Crippen molar-refractivity contribution in [2.75, 3.05) is 24.1 Å². The maximum atomic E-state index is 12.1. The van der Waals surface area contributed by atoms with Crippen LogP contribution in [0.5, 0.6) is 0 Å². The SMILES string of the molecule is CCN(CC(=O)Nc1ccccc1N)Cc1ccccn1. The summed E-state index contributed by atoms with van der Waals surface area (Å²) in [6.45, 7) is 3.75. The van der Waals surface area contributed by atoms with E-state index < -0.39 is 0 Å². The number of amides is 1. The van der Waals surface area contributed by atoms with Crippen molar-refractivity contribution in [2.24, 2.45) is 0 Å². The minimum Gasteiger partial charge on any atom is -0.397 e. The van der Waals surface area contributed by atoms with Crippen LogP contribution in [0.25, 0.3) is 0 Å². The number of nitrogen functional groups attached to an aromatic ring is 1. The zero-order valence-electron chi connectivity index (χ0n) is 12.1. The standard InChI is InChI=1S/C16H20N4O/c1-2-20(11-13-7-5-6-10-18-13)12-16(21)19-15-9-4-3-8-14(15)17/h3-10H,2,11-12,17H2,1H3,(H,19,21). The number of pyridine rings is 1. The molecule has 0 aliphatic heterocycles. The molecule has 1 aromatic carbocycles. The second-order valence-electron chi connectivity index (χ2n) is 4.76. The van der Waals surface area contributed by atoms with E-state index in [1.165, 1.54) is 0 Å². The van der Waals surface area contributed by atoms with Gasteiger partial charge in [0.05, 0.1) is 23.6 Å². The van der Waals surface area contributed by atoms with Crippen LogP contribution in [0.1, 0.15) is 12.6 Å². The molecule has 0 spiro atoms. The molecule has 0 radical (unpaired) electrons. The molecule has 0 atom stereocenters. The number of hydrogen-bond acceptors (Lipinski definition) is 4. The summed E-state index contributed by atoms with van der Waals surface area (Å²) >= 11 is 0. The summed E-state index contributed by atoms with van der Waals surface area (Å²) in [5, 5.41) is 2.83. The van der Waals surface area contributed by atoms with Crippen LogP contribution in [0, 0.1) is 0 Å². The summed E-state index contributed by atoms with van der Waals surface area (Å²) in [6.07, 6.45) is 1.76. The van der Waals surface area contributed by atoms with Crippen LogP contribution in [-0.2, 0) is 11.3 Å². The average molecular weight is 284 g/mol. The molecule has 0 aliphatic carbocycles. The molecule has 21 heavy (non-hydrogen) atoms. The Bertz CT molecular complexity index is 586. The van der Waals surface area contributed by atoms with E-state index >= 15 is 0 Å². The van der Waals surface area contributed by atoms with Gasteiger partial charge in [-0.15, -0.1) is 0 Å². The molecule has 0 bridgehead atoms. The maximum absolute atomic E-state index is 12.1. The lowest BCUT2D eigenvalue weighted by molar-refractivity contribution is -0.117. The van der Waals surface area contributed by atoms with Crippen molar-refractivity contribution < 1.29 is 4.79 Å². The highest BCUT2D eigenvalue weighted by molar-refractivity contribution is 5.95. The van der Waals surface area contributed by atoms with Gasteiger partial charge in [-0.1, -0.05) is 25.1 Å². The number of hydrogen-bond donors (Lipinski definition) is 2. The molecular formula is C16H20N4O. The first-order chi connectivity index (χ1) is 10.2. The molecule has 0 saturated carbocycles. The Morgan fingerprint density at radius 3 is 2.67 bits per heavy atom. The first-order valence-corrected chi connectivity index (χ1v) is 6.95. The molecule has 1 aromatic heterocycles. The van der Waals surface area contributed by atoms with Gasteiger partial charge < -0.3 is 11.1 Å². The van der Waals surface area contributed by atoms with E-state index in [1.54, 1.807) is 18.3 Å². The number of carbonyl (C=O) groups is 1. The highest BCUT2D eigenvalue weighted by atomic mass is 16.2. The molecule has 110 valence electrons. The van der Waals surface area contributed by atoms with Crippen molar-refractivity contribution in [1.82, 2.24) is 9.88 Å². The van der Waals surface area contributed by atoms with Crippen LogP contribution in [0.15, 0.2) is 48.7 Å². The fraction of sp³-hybridized carbons (Fsp3) is 0.250. The lowest BCUT2D eigenvalue weighted by Gasteiger charge is -2.19. The third kappa shape index (κ3) is 4.57.